The molecule has 0 aliphatic heterocycles. The molecule has 0 aromatic heterocycles. The SMILES string of the molecule is COc1ccc(NC(=O)c2ccc(CNC(=O)NC(C)C)cc2)c(OC)c1. The normalized spacial score (nSPS) is 10.3. The van der Waals surface area contributed by atoms with Crippen LogP contribution in [0.4, 0.5) is 10.5 Å². The molecule has 0 atom stereocenters. The van der Waals surface area contributed by atoms with Crippen molar-refractivity contribution in [1.29, 1.82) is 0 Å². The van der Waals surface area contributed by atoms with Crippen LogP contribution in [0.5, 0.6) is 11.5 Å². The van der Waals surface area contributed by atoms with Crippen molar-refractivity contribution in [3.8, 4) is 11.5 Å². The summed E-state index contributed by atoms with van der Waals surface area (Å²) in [7, 11) is 3.09. The van der Waals surface area contributed by atoms with Crippen molar-refractivity contribution >= 4 is 17.6 Å². The van der Waals surface area contributed by atoms with Gasteiger partial charge >= 0.3 is 6.03 Å². The molecule has 0 spiro atoms. The monoisotopic (exact) mass is 371 g/mol. The molecule has 7 nitrogen and oxygen atoms in total. The van der Waals surface area contributed by atoms with Crippen LogP contribution in [0, 0.1) is 0 Å². The van der Waals surface area contributed by atoms with Crippen molar-refractivity contribution in [2.24, 2.45) is 0 Å². The fourth-order valence-electron chi connectivity index (χ4n) is 2.37. The zero-order chi connectivity index (χ0) is 19.8. The Labute approximate surface area is 159 Å². The number of ether oxygens (including phenoxy) is 2. The molecule has 0 fully saturated rings. The highest BCUT2D eigenvalue weighted by molar-refractivity contribution is 6.05. The van der Waals surface area contributed by atoms with E-state index in [1.54, 1.807) is 49.6 Å². The quantitative estimate of drug-likeness (QED) is 0.697. The molecule has 0 aliphatic carbocycles. The number of carbonyl (C=O) groups excluding carboxylic acids is 2. The zero-order valence-corrected chi connectivity index (χ0v) is 16.0. The molecule has 144 valence electrons. The van der Waals surface area contributed by atoms with Gasteiger partial charge in [0.15, 0.2) is 0 Å². The van der Waals surface area contributed by atoms with E-state index in [1.165, 1.54) is 7.11 Å². The molecule has 0 unspecified atom stereocenters. The minimum Gasteiger partial charge on any atom is -0.497 e. The Morgan fingerprint density at radius 2 is 1.70 bits per heavy atom. The summed E-state index contributed by atoms with van der Waals surface area (Å²) in [5.41, 5.74) is 1.95. The number of carbonyl (C=O) groups is 2. The van der Waals surface area contributed by atoms with Crippen LogP contribution >= 0.6 is 0 Å². The van der Waals surface area contributed by atoms with Gasteiger partial charge in [0, 0.05) is 24.2 Å². The number of hydrogen-bond acceptors (Lipinski definition) is 4. The summed E-state index contributed by atoms with van der Waals surface area (Å²) >= 11 is 0. The summed E-state index contributed by atoms with van der Waals surface area (Å²) in [5, 5.41) is 8.34. The molecule has 0 saturated heterocycles. The second-order valence-corrected chi connectivity index (χ2v) is 6.20. The van der Waals surface area contributed by atoms with Gasteiger partial charge < -0.3 is 25.4 Å². The summed E-state index contributed by atoms with van der Waals surface area (Å²) in [6, 6.07) is 12.0. The number of benzene rings is 2. The molecule has 0 aliphatic rings. The van der Waals surface area contributed by atoms with Gasteiger partial charge in [0.25, 0.3) is 5.91 Å². The highest BCUT2D eigenvalue weighted by Gasteiger charge is 2.11. The van der Waals surface area contributed by atoms with E-state index in [1.807, 2.05) is 13.8 Å². The lowest BCUT2D eigenvalue weighted by atomic mass is 10.1. The number of rotatable bonds is 7. The minimum absolute atomic E-state index is 0.0750. The van der Waals surface area contributed by atoms with E-state index in [0.29, 0.717) is 29.3 Å². The highest BCUT2D eigenvalue weighted by Crippen LogP contribution is 2.29. The van der Waals surface area contributed by atoms with Crippen LogP contribution in [0.25, 0.3) is 0 Å². The van der Waals surface area contributed by atoms with Crippen LogP contribution in [0.15, 0.2) is 42.5 Å². The van der Waals surface area contributed by atoms with Crippen LogP contribution < -0.4 is 25.4 Å². The van der Waals surface area contributed by atoms with Crippen LogP contribution in [-0.2, 0) is 6.54 Å². The first-order valence-electron chi connectivity index (χ1n) is 8.59. The van der Waals surface area contributed by atoms with Crippen molar-refractivity contribution in [3.63, 3.8) is 0 Å². The third kappa shape index (κ3) is 5.91. The van der Waals surface area contributed by atoms with Gasteiger partial charge in [-0.05, 0) is 43.7 Å². The fraction of sp³-hybridized carbons (Fsp3) is 0.300. The molecule has 2 rings (SSSR count). The second kappa shape index (κ2) is 9.47. The van der Waals surface area contributed by atoms with Crippen LogP contribution in [0.1, 0.15) is 29.8 Å². The number of anilines is 1. The lowest BCUT2D eigenvalue weighted by Gasteiger charge is -2.12. The van der Waals surface area contributed by atoms with Crippen LogP contribution in [0.2, 0.25) is 0 Å². The van der Waals surface area contributed by atoms with Crippen molar-refractivity contribution < 1.29 is 19.1 Å². The number of amides is 3. The standard InChI is InChI=1S/C20H25N3O4/c1-13(2)22-20(25)21-12-14-5-7-15(8-6-14)19(24)23-17-10-9-16(26-3)11-18(17)27-4/h5-11,13H,12H2,1-4H3,(H,23,24)(H2,21,22,25). The average molecular weight is 371 g/mol. The van der Waals surface area contributed by atoms with E-state index in [-0.39, 0.29) is 18.0 Å². The lowest BCUT2D eigenvalue weighted by Crippen LogP contribution is -2.39. The maximum absolute atomic E-state index is 12.5. The Bertz CT molecular complexity index is 788. The number of urea groups is 1. The van der Waals surface area contributed by atoms with Crippen LogP contribution in [-0.4, -0.2) is 32.2 Å². The Balaban J connectivity index is 1.98. The van der Waals surface area contributed by atoms with Crippen molar-refractivity contribution in [3.05, 3.63) is 53.6 Å². The third-order valence-electron chi connectivity index (χ3n) is 3.75. The average Bonchev–Trinajstić information content (AvgIpc) is 2.66. The fourth-order valence-corrected chi connectivity index (χ4v) is 2.37. The van der Waals surface area contributed by atoms with E-state index in [2.05, 4.69) is 16.0 Å². The van der Waals surface area contributed by atoms with Crippen LogP contribution in [0.3, 0.4) is 0 Å². The molecule has 0 saturated carbocycles. The lowest BCUT2D eigenvalue weighted by molar-refractivity contribution is 0.102. The van der Waals surface area contributed by atoms with Gasteiger partial charge in [-0.2, -0.15) is 0 Å². The van der Waals surface area contributed by atoms with Gasteiger partial charge in [0.05, 0.1) is 19.9 Å². The number of methoxy groups -OCH3 is 2. The smallest absolute Gasteiger partial charge is 0.315 e. The molecule has 0 radical (unpaired) electrons. The molecule has 0 bridgehead atoms. The van der Waals surface area contributed by atoms with E-state index in [0.717, 1.165) is 5.56 Å². The molecule has 2 aromatic rings. The van der Waals surface area contributed by atoms with Gasteiger partial charge in [0.2, 0.25) is 0 Å². The molecule has 27 heavy (non-hydrogen) atoms. The highest BCUT2D eigenvalue weighted by atomic mass is 16.5. The predicted molar refractivity (Wildman–Crippen MR) is 104 cm³/mol. The number of nitrogens with one attached hydrogen (secondary N) is 3. The summed E-state index contributed by atoms with van der Waals surface area (Å²) in [4.78, 5) is 24.1. The topological polar surface area (TPSA) is 88.7 Å². The van der Waals surface area contributed by atoms with E-state index in [9.17, 15) is 9.59 Å². The van der Waals surface area contributed by atoms with Crippen molar-refractivity contribution in [1.82, 2.24) is 10.6 Å². The molecule has 3 amide bonds. The Kier molecular flexibility index (Phi) is 7.05. The molecule has 0 heterocycles. The first-order valence-corrected chi connectivity index (χ1v) is 8.59. The molecular formula is C20H25N3O4. The molecular weight excluding hydrogens is 346 g/mol. The van der Waals surface area contributed by atoms with Gasteiger partial charge in [-0.3, -0.25) is 4.79 Å². The van der Waals surface area contributed by atoms with E-state index in [4.69, 9.17) is 9.47 Å². The summed E-state index contributed by atoms with van der Waals surface area (Å²) in [5.74, 6) is 0.901. The predicted octanol–water partition coefficient (Wildman–Crippen LogP) is 3.16. The van der Waals surface area contributed by atoms with E-state index < -0.39 is 0 Å². The van der Waals surface area contributed by atoms with Gasteiger partial charge in [-0.25, -0.2) is 4.79 Å². The van der Waals surface area contributed by atoms with Gasteiger partial charge in [0.1, 0.15) is 11.5 Å². The largest absolute Gasteiger partial charge is 0.497 e. The molecule has 2 aromatic carbocycles. The summed E-state index contributed by atoms with van der Waals surface area (Å²) < 4.78 is 10.4. The zero-order valence-electron chi connectivity index (χ0n) is 16.0. The van der Waals surface area contributed by atoms with Crippen molar-refractivity contribution in [2.45, 2.75) is 26.4 Å². The molecule has 7 heteroatoms. The minimum atomic E-state index is -0.254. The van der Waals surface area contributed by atoms with Gasteiger partial charge in [-0.15, -0.1) is 0 Å². The third-order valence-corrected chi connectivity index (χ3v) is 3.75. The second-order valence-electron chi connectivity index (χ2n) is 6.20. The Morgan fingerprint density at radius 3 is 2.30 bits per heavy atom. The van der Waals surface area contributed by atoms with Gasteiger partial charge in [-0.1, -0.05) is 12.1 Å². The Morgan fingerprint density at radius 1 is 1.00 bits per heavy atom. The first kappa shape index (κ1) is 20.1. The first-order chi connectivity index (χ1) is 12.9. The van der Waals surface area contributed by atoms with Crippen molar-refractivity contribution in [2.75, 3.05) is 19.5 Å². The summed E-state index contributed by atoms with van der Waals surface area (Å²) in [6.45, 7) is 4.17. The summed E-state index contributed by atoms with van der Waals surface area (Å²) in [6.07, 6.45) is 0. The van der Waals surface area contributed by atoms with E-state index >= 15 is 0 Å². The maximum atomic E-state index is 12.5. The molecule has 3 N–H and O–H groups in total. The maximum Gasteiger partial charge on any atom is 0.315 e. The number of hydrogen-bond donors (Lipinski definition) is 3. The Hall–Kier alpha value is -3.22.